The topological polar surface area (TPSA) is 79.2 Å². The van der Waals surface area contributed by atoms with Crippen LogP contribution in [0.3, 0.4) is 0 Å². The second-order valence-electron chi connectivity index (χ2n) is 4.55. The van der Waals surface area contributed by atoms with Crippen molar-refractivity contribution in [3.63, 3.8) is 0 Å². The number of nitrogens with zero attached hydrogens (tertiary/aromatic N) is 1. The fraction of sp³-hybridized carbons (Fsp3) is 0.0625. The molecule has 0 unspecified atom stereocenters. The predicted octanol–water partition coefficient (Wildman–Crippen LogP) is 3.29. The number of amides is 1. The molecule has 0 aliphatic heterocycles. The molecule has 2 rings (SSSR count). The zero-order chi connectivity index (χ0) is 17.7. The van der Waals surface area contributed by atoms with Gasteiger partial charge in [0, 0.05) is 11.8 Å². The van der Waals surface area contributed by atoms with Crippen molar-refractivity contribution in [3.8, 4) is 6.07 Å². The maximum Gasteiger partial charge on any atom is 0.341 e. The minimum absolute atomic E-state index is 0.153. The number of nitriles is 1. The average molecular weight is 351 g/mol. The summed E-state index contributed by atoms with van der Waals surface area (Å²) in [6, 6.07) is 8.45. The molecule has 2 aromatic carbocycles. The first kappa shape index (κ1) is 17.4. The number of benzene rings is 2. The number of hydrogen-bond acceptors (Lipinski definition) is 4. The van der Waals surface area contributed by atoms with Gasteiger partial charge in [-0.3, -0.25) is 4.79 Å². The van der Waals surface area contributed by atoms with Crippen LogP contribution < -0.4 is 5.32 Å². The summed E-state index contributed by atoms with van der Waals surface area (Å²) >= 11 is 5.82. The van der Waals surface area contributed by atoms with Gasteiger partial charge in [-0.25, -0.2) is 13.6 Å². The van der Waals surface area contributed by atoms with Crippen molar-refractivity contribution < 1.29 is 23.1 Å². The molecule has 0 saturated heterocycles. The zero-order valence-electron chi connectivity index (χ0n) is 12.0. The molecule has 0 atom stereocenters. The summed E-state index contributed by atoms with van der Waals surface area (Å²) in [5, 5.41) is 11.3. The molecule has 1 N–H and O–H groups in total. The van der Waals surface area contributed by atoms with E-state index in [1.165, 1.54) is 18.2 Å². The largest absolute Gasteiger partial charge is 0.452 e. The first-order valence-corrected chi connectivity index (χ1v) is 6.90. The molecular weight excluding hydrogens is 342 g/mol. The average Bonchev–Trinajstić information content (AvgIpc) is 2.53. The first-order chi connectivity index (χ1) is 11.4. The van der Waals surface area contributed by atoms with Gasteiger partial charge >= 0.3 is 5.97 Å². The summed E-state index contributed by atoms with van der Waals surface area (Å²) in [5.74, 6) is -3.70. The van der Waals surface area contributed by atoms with Crippen molar-refractivity contribution in [2.75, 3.05) is 11.9 Å². The Kier molecular flexibility index (Phi) is 5.45. The molecule has 0 aliphatic carbocycles. The van der Waals surface area contributed by atoms with E-state index in [0.29, 0.717) is 11.8 Å². The fourth-order valence-electron chi connectivity index (χ4n) is 1.74. The molecule has 5 nitrogen and oxygen atoms in total. The van der Waals surface area contributed by atoms with Crippen molar-refractivity contribution >= 4 is 29.2 Å². The summed E-state index contributed by atoms with van der Waals surface area (Å²) in [6.45, 7) is -0.673. The summed E-state index contributed by atoms with van der Waals surface area (Å²) in [6.07, 6.45) is 0. The molecule has 0 heterocycles. The van der Waals surface area contributed by atoms with Gasteiger partial charge in [0.15, 0.2) is 6.61 Å². The van der Waals surface area contributed by atoms with Gasteiger partial charge in [-0.05, 0) is 30.3 Å². The molecule has 0 spiro atoms. The van der Waals surface area contributed by atoms with Crippen LogP contribution in [0.1, 0.15) is 15.9 Å². The van der Waals surface area contributed by atoms with E-state index in [4.69, 9.17) is 16.9 Å². The summed E-state index contributed by atoms with van der Waals surface area (Å²) in [5.41, 5.74) is 0.0616. The van der Waals surface area contributed by atoms with E-state index in [1.807, 2.05) is 6.07 Å². The quantitative estimate of drug-likeness (QED) is 0.858. The van der Waals surface area contributed by atoms with Gasteiger partial charge in [0.25, 0.3) is 5.91 Å². The molecular formula is C16H9ClF2N2O3. The van der Waals surface area contributed by atoms with E-state index in [1.54, 1.807) is 0 Å². The number of rotatable bonds is 4. The van der Waals surface area contributed by atoms with Crippen molar-refractivity contribution in [1.29, 1.82) is 5.26 Å². The second kappa shape index (κ2) is 7.53. The van der Waals surface area contributed by atoms with Crippen LogP contribution >= 0.6 is 11.6 Å². The minimum Gasteiger partial charge on any atom is -0.452 e. The highest BCUT2D eigenvalue weighted by atomic mass is 35.5. The third-order valence-electron chi connectivity index (χ3n) is 2.86. The van der Waals surface area contributed by atoms with E-state index < -0.39 is 35.7 Å². The maximum absolute atomic E-state index is 13.4. The van der Waals surface area contributed by atoms with E-state index in [9.17, 15) is 18.4 Å². The molecule has 122 valence electrons. The number of halogens is 3. The lowest BCUT2D eigenvalue weighted by Crippen LogP contribution is -2.21. The number of anilines is 1. The standard InChI is InChI=1S/C16H9ClF2N2O3/c17-13-6-11(3-1-9(13)7-20)21-15(22)8-24-16(23)12-4-2-10(18)5-14(12)19/h1-6H,8H2,(H,21,22). The van der Waals surface area contributed by atoms with E-state index in [-0.39, 0.29) is 10.6 Å². The summed E-state index contributed by atoms with van der Waals surface area (Å²) in [7, 11) is 0. The molecule has 0 saturated carbocycles. The number of nitrogens with one attached hydrogen (secondary N) is 1. The van der Waals surface area contributed by atoms with Crippen molar-refractivity contribution in [1.82, 2.24) is 0 Å². The molecule has 0 bridgehead atoms. The predicted molar refractivity (Wildman–Crippen MR) is 81.4 cm³/mol. The Balaban J connectivity index is 1.94. The molecule has 8 heteroatoms. The second-order valence-corrected chi connectivity index (χ2v) is 4.96. The maximum atomic E-state index is 13.4. The van der Waals surface area contributed by atoms with E-state index >= 15 is 0 Å². The van der Waals surface area contributed by atoms with Crippen LogP contribution in [0.2, 0.25) is 5.02 Å². The van der Waals surface area contributed by atoms with Gasteiger partial charge in [0.05, 0.1) is 16.1 Å². The third-order valence-corrected chi connectivity index (χ3v) is 3.17. The van der Waals surface area contributed by atoms with Crippen LogP contribution in [0.4, 0.5) is 14.5 Å². The van der Waals surface area contributed by atoms with Crippen LogP contribution in [0.5, 0.6) is 0 Å². The zero-order valence-corrected chi connectivity index (χ0v) is 12.7. The lowest BCUT2D eigenvalue weighted by atomic mass is 10.2. The van der Waals surface area contributed by atoms with Gasteiger partial charge in [0.1, 0.15) is 17.7 Å². The number of hydrogen-bond donors (Lipinski definition) is 1. The Bertz CT molecular complexity index is 850. The molecule has 0 aliphatic rings. The van der Waals surface area contributed by atoms with Crippen LogP contribution in [0, 0.1) is 23.0 Å². The lowest BCUT2D eigenvalue weighted by Gasteiger charge is -2.08. The first-order valence-electron chi connectivity index (χ1n) is 6.52. The molecule has 0 aromatic heterocycles. The van der Waals surface area contributed by atoms with Crippen LogP contribution in [-0.4, -0.2) is 18.5 Å². The highest BCUT2D eigenvalue weighted by Crippen LogP contribution is 2.20. The molecule has 0 radical (unpaired) electrons. The highest BCUT2D eigenvalue weighted by Gasteiger charge is 2.15. The summed E-state index contributed by atoms with van der Waals surface area (Å²) < 4.78 is 30.8. The van der Waals surface area contributed by atoms with Crippen molar-refractivity contribution in [2.24, 2.45) is 0 Å². The Morgan fingerprint density at radius 1 is 1.21 bits per heavy atom. The van der Waals surface area contributed by atoms with Crippen LogP contribution in [-0.2, 0) is 9.53 Å². The fourth-order valence-corrected chi connectivity index (χ4v) is 1.97. The molecule has 0 fully saturated rings. The van der Waals surface area contributed by atoms with Gasteiger partial charge in [-0.15, -0.1) is 0 Å². The monoisotopic (exact) mass is 350 g/mol. The van der Waals surface area contributed by atoms with Crippen molar-refractivity contribution in [2.45, 2.75) is 0 Å². The van der Waals surface area contributed by atoms with Gasteiger partial charge in [-0.1, -0.05) is 11.6 Å². The van der Waals surface area contributed by atoms with Crippen LogP contribution in [0.25, 0.3) is 0 Å². The smallest absolute Gasteiger partial charge is 0.341 e. The normalized spacial score (nSPS) is 9.92. The van der Waals surface area contributed by atoms with Gasteiger partial charge in [-0.2, -0.15) is 5.26 Å². The SMILES string of the molecule is N#Cc1ccc(NC(=O)COC(=O)c2ccc(F)cc2F)cc1Cl. The number of ether oxygens (including phenoxy) is 1. The Labute approximate surface area is 140 Å². The van der Waals surface area contributed by atoms with Crippen LogP contribution in [0.15, 0.2) is 36.4 Å². The Hall–Kier alpha value is -2.98. The van der Waals surface area contributed by atoms with Gasteiger partial charge in [0.2, 0.25) is 0 Å². The minimum atomic E-state index is -1.10. The lowest BCUT2D eigenvalue weighted by molar-refractivity contribution is -0.119. The van der Waals surface area contributed by atoms with E-state index in [0.717, 1.165) is 12.1 Å². The third kappa shape index (κ3) is 4.27. The number of carbonyl (C=O) groups is 2. The Morgan fingerprint density at radius 3 is 2.58 bits per heavy atom. The van der Waals surface area contributed by atoms with E-state index in [2.05, 4.69) is 10.1 Å². The molecule has 1 amide bonds. The molecule has 24 heavy (non-hydrogen) atoms. The highest BCUT2D eigenvalue weighted by molar-refractivity contribution is 6.32. The molecule has 2 aromatic rings. The number of esters is 1. The Morgan fingerprint density at radius 2 is 1.96 bits per heavy atom. The van der Waals surface area contributed by atoms with Crippen molar-refractivity contribution in [3.05, 3.63) is 64.2 Å². The summed E-state index contributed by atoms with van der Waals surface area (Å²) in [4.78, 5) is 23.4. The van der Waals surface area contributed by atoms with Gasteiger partial charge < -0.3 is 10.1 Å². The number of carbonyl (C=O) groups excluding carboxylic acids is 2.